The molecule has 0 spiro atoms. The number of fused-ring (bicyclic) bond motifs is 9. The fourth-order valence-electron chi connectivity index (χ4n) is 8.59. The zero-order chi connectivity index (χ0) is 35.6. The second-order valence-corrected chi connectivity index (χ2v) is 14.6. The Hall–Kier alpha value is -6.12. The van der Waals surface area contributed by atoms with Gasteiger partial charge in [0.2, 0.25) is 0 Å². The number of benzene rings is 7. The van der Waals surface area contributed by atoms with Gasteiger partial charge in [0, 0.05) is 38.3 Å². The summed E-state index contributed by atoms with van der Waals surface area (Å²) in [5.74, 6) is 0. The maximum atomic E-state index is 2.48. The summed E-state index contributed by atoms with van der Waals surface area (Å²) < 4.78 is 4.91. The minimum absolute atomic E-state index is 0.153. The van der Waals surface area contributed by atoms with Gasteiger partial charge in [-0.05, 0) is 96.6 Å². The van der Waals surface area contributed by atoms with Crippen LogP contribution in [0.2, 0.25) is 0 Å². The molecule has 1 aliphatic rings. The summed E-state index contributed by atoms with van der Waals surface area (Å²) in [5, 5.41) is 5.18. The van der Waals surface area contributed by atoms with E-state index in [1.807, 2.05) is 18.2 Å². The number of aromatic nitrogens is 2. The van der Waals surface area contributed by atoms with Crippen LogP contribution < -0.4 is 0 Å². The molecule has 0 saturated carbocycles. The Kier molecular flexibility index (Phi) is 7.52. The fourth-order valence-corrected chi connectivity index (χ4v) is 8.59. The van der Waals surface area contributed by atoms with Crippen LogP contribution in [0.1, 0.15) is 48.6 Å². The van der Waals surface area contributed by atoms with Crippen molar-refractivity contribution in [3.05, 3.63) is 186 Å². The number of para-hydroxylation sites is 3. The maximum Gasteiger partial charge on any atom is 0.0576 e. The first kappa shape index (κ1) is 31.8. The molecule has 2 nitrogen and oxygen atoms in total. The van der Waals surface area contributed by atoms with Crippen molar-refractivity contribution in [1.29, 1.82) is 0 Å². The summed E-state index contributed by atoms with van der Waals surface area (Å²) in [5.41, 5.74) is 16.6. The largest absolute Gasteiger partial charge is 0.309 e. The van der Waals surface area contributed by atoms with Gasteiger partial charge in [0.25, 0.3) is 0 Å². The van der Waals surface area contributed by atoms with Gasteiger partial charge in [-0.1, -0.05) is 141 Å². The molecule has 0 radical (unpaired) electrons. The third-order valence-electron chi connectivity index (χ3n) is 11.2. The average molecular weight is 671 g/mol. The Labute approximate surface area is 305 Å². The number of rotatable bonds is 3. The van der Waals surface area contributed by atoms with E-state index in [0.29, 0.717) is 0 Å². The Morgan fingerprint density at radius 1 is 0.481 bits per heavy atom. The molecular formula is C50H42N2. The highest BCUT2D eigenvalue weighted by atomic mass is 15.0. The summed E-state index contributed by atoms with van der Waals surface area (Å²) in [4.78, 5) is 0. The highest BCUT2D eigenvalue weighted by Gasteiger charge is 2.36. The summed E-state index contributed by atoms with van der Waals surface area (Å²) in [6, 6.07) is 55.3. The molecule has 0 amide bonds. The van der Waals surface area contributed by atoms with Crippen LogP contribution in [0.5, 0.6) is 0 Å². The van der Waals surface area contributed by atoms with Crippen LogP contribution in [0, 0.1) is 13.8 Å². The molecule has 7 aromatic carbocycles. The molecule has 0 unspecified atom stereocenters. The molecule has 1 aliphatic carbocycles. The van der Waals surface area contributed by atoms with Crippen molar-refractivity contribution < 1.29 is 0 Å². The van der Waals surface area contributed by atoms with Gasteiger partial charge in [-0.3, -0.25) is 0 Å². The van der Waals surface area contributed by atoms with Crippen molar-refractivity contribution in [3.8, 4) is 22.5 Å². The van der Waals surface area contributed by atoms with Crippen LogP contribution in [0.4, 0.5) is 0 Å². The monoisotopic (exact) mass is 670 g/mol. The van der Waals surface area contributed by atoms with E-state index in [-0.39, 0.29) is 5.41 Å². The first-order valence-electron chi connectivity index (χ1n) is 18.3. The first-order valence-corrected chi connectivity index (χ1v) is 18.3. The molecule has 0 bridgehead atoms. The third kappa shape index (κ3) is 4.86. The molecule has 0 atom stereocenters. The van der Waals surface area contributed by atoms with Crippen LogP contribution in [0.25, 0.3) is 72.2 Å². The van der Waals surface area contributed by atoms with E-state index >= 15 is 0 Å². The molecule has 52 heavy (non-hydrogen) atoms. The molecule has 2 aromatic heterocycles. The Bertz CT molecular complexity index is 2790. The molecule has 252 valence electrons. The minimum Gasteiger partial charge on any atom is -0.309 e. The number of hydrogen-bond acceptors (Lipinski definition) is 0. The lowest BCUT2D eigenvalue weighted by molar-refractivity contribution is 0.659. The normalized spacial score (nSPS) is 13.2. The van der Waals surface area contributed by atoms with E-state index in [1.54, 1.807) is 0 Å². The molecule has 2 heterocycles. The molecular weight excluding hydrogens is 629 g/mol. The van der Waals surface area contributed by atoms with Gasteiger partial charge >= 0.3 is 0 Å². The lowest BCUT2D eigenvalue weighted by Crippen LogP contribution is -2.16. The van der Waals surface area contributed by atoms with Crippen LogP contribution in [0.15, 0.2) is 158 Å². The van der Waals surface area contributed by atoms with Gasteiger partial charge < -0.3 is 9.13 Å². The topological polar surface area (TPSA) is 9.86 Å². The van der Waals surface area contributed by atoms with E-state index in [4.69, 9.17) is 0 Å². The van der Waals surface area contributed by atoms with E-state index in [9.17, 15) is 0 Å². The zero-order valence-electron chi connectivity index (χ0n) is 30.5. The standard InChI is InChI=1S/C43H34N2.C7H8/c1-5-12-28-19-22-36-35-15-8-11-18-41(35)45(42(36)27(28)2)30-21-24-32-31-23-20-29(25-37(31)43(3,4)38(32)26-30)44-39-16-9-6-13-33(39)34-14-7-10-17-40(34)44;1-7-5-3-2-4-6-7/h5-26H,1-4H3;2-6H,1H3/b12-5-;. The highest BCUT2D eigenvalue weighted by molar-refractivity contribution is 6.11. The first-order chi connectivity index (χ1) is 25.4. The molecule has 9 aromatic rings. The van der Waals surface area contributed by atoms with Crippen molar-refractivity contribution in [2.24, 2.45) is 0 Å². The second-order valence-electron chi connectivity index (χ2n) is 14.6. The Morgan fingerprint density at radius 2 is 0.962 bits per heavy atom. The van der Waals surface area contributed by atoms with Crippen molar-refractivity contribution in [3.63, 3.8) is 0 Å². The van der Waals surface area contributed by atoms with Crippen LogP contribution in [-0.4, -0.2) is 9.13 Å². The van der Waals surface area contributed by atoms with Gasteiger partial charge in [-0.15, -0.1) is 0 Å². The Morgan fingerprint density at radius 3 is 1.48 bits per heavy atom. The quantitative estimate of drug-likeness (QED) is 0.177. The highest BCUT2D eigenvalue weighted by Crippen LogP contribution is 2.50. The molecule has 0 N–H and O–H groups in total. The minimum atomic E-state index is -0.153. The predicted octanol–water partition coefficient (Wildman–Crippen LogP) is 13.5. The number of hydrogen-bond donors (Lipinski definition) is 0. The van der Waals surface area contributed by atoms with Crippen LogP contribution in [0.3, 0.4) is 0 Å². The lowest BCUT2D eigenvalue weighted by atomic mass is 9.82. The van der Waals surface area contributed by atoms with Crippen LogP contribution in [-0.2, 0) is 5.41 Å². The zero-order valence-corrected chi connectivity index (χ0v) is 30.5. The Balaban J connectivity index is 0.000000464. The smallest absolute Gasteiger partial charge is 0.0576 e. The summed E-state index contributed by atoms with van der Waals surface area (Å²) in [6.07, 6.45) is 4.35. The molecule has 10 rings (SSSR count). The van der Waals surface area contributed by atoms with E-state index in [0.717, 1.165) is 0 Å². The number of allylic oxidation sites excluding steroid dienone is 1. The third-order valence-corrected chi connectivity index (χ3v) is 11.2. The second kappa shape index (κ2) is 12.3. The lowest BCUT2D eigenvalue weighted by Gasteiger charge is -2.23. The number of nitrogens with zero attached hydrogens (tertiary/aromatic N) is 2. The summed E-state index contributed by atoms with van der Waals surface area (Å²) >= 11 is 0. The van der Waals surface area contributed by atoms with Crippen LogP contribution >= 0.6 is 0 Å². The maximum absolute atomic E-state index is 2.48. The van der Waals surface area contributed by atoms with Gasteiger partial charge in [0.15, 0.2) is 0 Å². The molecule has 0 saturated heterocycles. The van der Waals surface area contributed by atoms with Crippen molar-refractivity contribution >= 4 is 49.7 Å². The van der Waals surface area contributed by atoms with E-state index in [1.165, 1.54) is 93.9 Å². The molecule has 0 fully saturated rings. The summed E-state index contributed by atoms with van der Waals surface area (Å²) in [6.45, 7) is 11.2. The molecule has 0 aliphatic heterocycles. The van der Waals surface area contributed by atoms with Gasteiger partial charge in [0.05, 0.1) is 22.1 Å². The summed E-state index contributed by atoms with van der Waals surface area (Å²) in [7, 11) is 0. The molecule has 2 heteroatoms. The van der Waals surface area contributed by atoms with E-state index in [2.05, 4.69) is 189 Å². The van der Waals surface area contributed by atoms with Gasteiger partial charge in [-0.25, -0.2) is 0 Å². The predicted molar refractivity (Wildman–Crippen MR) is 223 cm³/mol. The van der Waals surface area contributed by atoms with Crippen molar-refractivity contribution in [1.82, 2.24) is 9.13 Å². The van der Waals surface area contributed by atoms with Crippen molar-refractivity contribution in [2.75, 3.05) is 0 Å². The van der Waals surface area contributed by atoms with Crippen molar-refractivity contribution in [2.45, 2.75) is 40.0 Å². The SMILES string of the molecule is C/C=C\c1ccc2c3ccccc3n(-c3ccc4c(c3)C(C)(C)c3cc(-n5c6ccccc6c6ccccc65)ccc3-4)c2c1C.Cc1ccccc1. The van der Waals surface area contributed by atoms with E-state index < -0.39 is 0 Å². The van der Waals surface area contributed by atoms with Gasteiger partial charge in [0.1, 0.15) is 0 Å². The fraction of sp³-hybridized carbons (Fsp3) is 0.120. The van der Waals surface area contributed by atoms with Gasteiger partial charge in [-0.2, -0.15) is 0 Å². The number of aryl methyl sites for hydroxylation is 2. The average Bonchev–Trinajstić information content (AvgIpc) is 3.77.